The number of likely N-dealkylation sites (N-methyl/N-ethyl adjacent to an activating group) is 1. The van der Waals surface area contributed by atoms with E-state index in [-0.39, 0.29) is 6.04 Å². The van der Waals surface area contributed by atoms with E-state index < -0.39 is 0 Å². The molecular formula is C12H19Cl2N3O. The summed E-state index contributed by atoms with van der Waals surface area (Å²) in [5.74, 6) is 1.34. The van der Waals surface area contributed by atoms with Gasteiger partial charge < -0.3 is 15.0 Å². The second-order valence-electron chi connectivity index (χ2n) is 4.07. The minimum atomic E-state index is 0.177. The standard InChI is InChI=1S/C12H19Cl2N3O/c1-5-15-11-9(13)6-10(14)12(16-11)17(3)8(2)7-18-4/h6,8H,5,7H2,1-4H3,(H,15,16). The Hall–Kier alpha value is -0.710. The van der Waals surface area contributed by atoms with Crippen LogP contribution in [0.15, 0.2) is 6.07 Å². The highest BCUT2D eigenvalue weighted by Crippen LogP contribution is 2.31. The number of aromatic nitrogens is 1. The van der Waals surface area contributed by atoms with E-state index in [0.29, 0.717) is 28.3 Å². The van der Waals surface area contributed by atoms with E-state index in [2.05, 4.69) is 10.3 Å². The van der Waals surface area contributed by atoms with E-state index in [4.69, 9.17) is 27.9 Å². The molecule has 0 amide bonds. The van der Waals surface area contributed by atoms with E-state index >= 15 is 0 Å². The second kappa shape index (κ2) is 7.02. The number of anilines is 2. The predicted octanol–water partition coefficient (Wildman–Crippen LogP) is 3.29. The van der Waals surface area contributed by atoms with Crippen molar-refractivity contribution in [2.24, 2.45) is 0 Å². The number of hydrogen-bond acceptors (Lipinski definition) is 4. The smallest absolute Gasteiger partial charge is 0.150 e. The molecule has 102 valence electrons. The zero-order chi connectivity index (χ0) is 13.7. The Bertz CT molecular complexity index is 401. The quantitative estimate of drug-likeness (QED) is 0.873. The molecule has 0 aliphatic rings. The fourth-order valence-electron chi connectivity index (χ4n) is 1.56. The van der Waals surface area contributed by atoms with E-state index in [1.807, 2.05) is 25.8 Å². The number of ether oxygens (including phenoxy) is 1. The van der Waals surface area contributed by atoms with E-state index in [1.54, 1.807) is 13.2 Å². The van der Waals surface area contributed by atoms with Crippen LogP contribution in [0.1, 0.15) is 13.8 Å². The maximum Gasteiger partial charge on any atom is 0.150 e. The van der Waals surface area contributed by atoms with Crippen molar-refractivity contribution >= 4 is 34.8 Å². The Balaban J connectivity index is 3.03. The van der Waals surface area contributed by atoms with Gasteiger partial charge in [-0.2, -0.15) is 0 Å². The van der Waals surface area contributed by atoms with Crippen molar-refractivity contribution in [1.82, 2.24) is 4.98 Å². The van der Waals surface area contributed by atoms with Gasteiger partial charge in [0.1, 0.15) is 11.6 Å². The summed E-state index contributed by atoms with van der Waals surface area (Å²) >= 11 is 12.3. The summed E-state index contributed by atoms with van der Waals surface area (Å²) in [4.78, 5) is 6.44. The van der Waals surface area contributed by atoms with Crippen molar-refractivity contribution in [2.75, 3.05) is 37.5 Å². The molecule has 0 bridgehead atoms. The Kier molecular flexibility index (Phi) is 5.99. The summed E-state index contributed by atoms with van der Waals surface area (Å²) in [6.45, 7) is 5.39. The fourth-order valence-corrected chi connectivity index (χ4v) is 2.12. The van der Waals surface area contributed by atoms with Crippen LogP contribution in [0.4, 0.5) is 11.6 Å². The minimum absolute atomic E-state index is 0.177. The normalized spacial score (nSPS) is 12.3. The summed E-state index contributed by atoms with van der Waals surface area (Å²) in [5.41, 5.74) is 0. The maximum atomic E-state index is 6.18. The summed E-state index contributed by atoms with van der Waals surface area (Å²) < 4.78 is 5.13. The second-order valence-corrected chi connectivity index (χ2v) is 4.88. The highest BCUT2D eigenvalue weighted by atomic mass is 35.5. The molecule has 6 heteroatoms. The number of pyridine rings is 1. The molecule has 0 aliphatic carbocycles. The highest BCUT2D eigenvalue weighted by Gasteiger charge is 2.16. The lowest BCUT2D eigenvalue weighted by molar-refractivity contribution is 0.183. The average Bonchev–Trinajstić information content (AvgIpc) is 2.32. The third-order valence-corrected chi connectivity index (χ3v) is 3.22. The number of hydrogen-bond donors (Lipinski definition) is 1. The molecular weight excluding hydrogens is 273 g/mol. The van der Waals surface area contributed by atoms with Gasteiger partial charge in [0, 0.05) is 20.7 Å². The molecule has 1 rings (SSSR count). The van der Waals surface area contributed by atoms with E-state index in [0.717, 1.165) is 6.54 Å². The van der Waals surface area contributed by atoms with Crippen LogP contribution in [-0.4, -0.2) is 38.3 Å². The molecule has 1 atom stereocenters. The Morgan fingerprint density at radius 3 is 2.67 bits per heavy atom. The van der Waals surface area contributed by atoms with Crippen LogP contribution in [0.5, 0.6) is 0 Å². The molecule has 0 aliphatic heterocycles. The molecule has 1 heterocycles. The first-order valence-electron chi connectivity index (χ1n) is 5.82. The molecule has 0 saturated heterocycles. The zero-order valence-electron chi connectivity index (χ0n) is 11.1. The van der Waals surface area contributed by atoms with Crippen molar-refractivity contribution in [1.29, 1.82) is 0 Å². The van der Waals surface area contributed by atoms with Crippen LogP contribution in [-0.2, 0) is 4.74 Å². The van der Waals surface area contributed by atoms with Crippen molar-refractivity contribution in [2.45, 2.75) is 19.9 Å². The lowest BCUT2D eigenvalue weighted by Crippen LogP contribution is -2.33. The van der Waals surface area contributed by atoms with E-state index in [1.165, 1.54) is 0 Å². The Morgan fingerprint density at radius 1 is 1.44 bits per heavy atom. The number of nitrogens with zero attached hydrogens (tertiary/aromatic N) is 2. The van der Waals surface area contributed by atoms with Crippen molar-refractivity contribution in [3.05, 3.63) is 16.1 Å². The van der Waals surface area contributed by atoms with Gasteiger partial charge in [0.15, 0.2) is 0 Å². The first kappa shape index (κ1) is 15.3. The third-order valence-electron chi connectivity index (χ3n) is 2.66. The van der Waals surface area contributed by atoms with E-state index in [9.17, 15) is 0 Å². The molecule has 18 heavy (non-hydrogen) atoms. The van der Waals surface area contributed by atoms with Crippen LogP contribution in [0.2, 0.25) is 10.0 Å². The summed E-state index contributed by atoms with van der Waals surface area (Å²) in [6.07, 6.45) is 0. The molecule has 1 N–H and O–H groups in total. The van der Waals surface area contributed by atoms with Crippen molar-refractivity contribution in [3.63, 3.8) is 0 Å². The topological polar surface area (TPSA) is 37.4 Å². The highest BCUT2D eigenvalue weighted by molar-refractivity contribution is 6.37. The van der Waals surface area contributed by atoms with Crippen molar-refractivity contribution < 1.29 is 4.74 Å². The molecule has 1 aromatic rings. The Morgan fingerprint density at radius 2 is 2.11 bits per heavy atom. The first-order valence-corrected chi connectivity index (χ1v) is 6.58. The van der Waals surface area contributed by atoms with Gasteiger partial charge in [0.05, 0.1) is 22.7 Å². The lowest BCUT2D eigenvalue weighted by Gasteiger charge is -2.26. The van der Waals surface area contributed by atoms with Gasteiger partial charge in [0.25, 0.3) is 0 Å². The molecule has 1 aromatic heterocycles. The van der Waals surface area contributed by atoms with Gasteiger partial charge in [-0.3, -0.25) is 0 Å². The largest absolute Gasteiger partial charge is 0.383 e. The van der Waals surface area contributed by atoms with Crippen LogP contribution in [0, 0.1) is 0 Å². The first-order chi connectivity index (χ1) is 8.51. The molecule has 0 radical (unpaired) electrons. The molecule has 0 aromatic carbocycles. The summed E-state index contributed by atoms with van der Waals surface area (Å²) in [7, 11) is 3.60. The molecule has 0 fully saturated rings. The van der Waals surface area contributed by atoms with Crippen LogP contribution in [0.25, 0.3) is 0 Å². The van der Waals surface area contributed by atoms with Gasteiger partial charge in [-0.25, -0.2) is 4.98 Å². The fraction of sp³-hybridized carbons (Fsp3) is 0.583. The minimum Gasteiger partial charge on any atom is -0.383 e. The maximum absolute atomic E-state index is 6.18. The summed E-state index contributed by atoms with van der Waals surface area (Å²) in [6, 6.07) is 1.88. The number of halogens is 2. The molecule has 0 saturated carbocycles. The number of methoxy groups -OCH3 is 1. The predicted molar refractivity (Wildman–Crippen MR) is 78.2 cm³/mol. The molecule has 1 unspecified atom stereocenters. The van der Waals surface area contributed by atoms with Gasteiger partial charge in [-0.15, -0.1) is 0 Å². The SMILES string of the molecule is CCNc1nc(N(C)C(C)COC)c(Cl)cc1Cl. The van der Waals surface area contributed by atoms with Gasteiger partial charge >= 0.3 is 0 Å². The summed E-state index contributed by atoms with van der Waals surface area (Å²) in [5, 5.41) is 4.17. The lowest BCUT2D eigenvalue weighted by atomic mass is 10.3. The monoisotopic (exact) mass is 291 g/mol. The molecule has 4 nitrogen and oxygen atoms in total. The van der Waals surface area contributed by atoms with Crippen LogP contribution >= 0.6 is 23.2 Å². The number of rotatable bonds is 6. The van der Waals surface area contributed by atoms with Gasteiger partial charge in [-0.1, -0.05) is 23.2 Å². The van der Waals surface area contributed by atoms with Gasteiger partial charge in [-0.05, 0) is 19.9 Å². The van der Waals surface area contributed by atoms with Crippen LogP contribution < -0.4 is 10.2 Å². The van der Waals surface area contributed by atoms with Gasteiger partial charge in [0.2, 0.25) is 0 Å². The number of nitrogens with one attached hydrogen (secondary N) is 1. The third kappa shape index (κ3) is 3.64. The molecule has 0 spiro atoms. The Labute approximate surface area is 118 Å². The average molecular weight is 292 g/mol. The van der Waals surface area contributed by atoms with Crippen LogP contribution in [0.3, 0.4) is 0 Å². The zero-order valence-corrected chi connectivity index (χ0v) is 12.6. The van der Waals surface area contributed by atoms with Crippen molar-refractivity contribution in [3.8, 4) is 0 Å².